The van der Waals surface area contributed by atoms with E-state index >= 15 is 0 Å². The zero-order valence-electron chi connectivity index (χ0n) is 14.6. The lowest BCUT2D eigenvalue weighted by atomic mass is 9.98. The Morgan fingerprint density at radius 1 is 1.44 bits per heavy atom. The molecule has 1 aromatic heterocycles. The summed E-state index contributed by atoms with van der Waals surface area (Å²) in [7, 11) is 1.76. The fourth-order valence-corrected chi connectivity index (χ4v) is 3.13. The van der Waals surface area contributed by atoms with Gasteiger partial charge in [0.05, 0.1) is 6.54 Å². The molecule has 3 rings (SSSR count). The van der Waals surface area contributed by atoms with Gasteiger partial charge >= 0.3 is 0 Å². The minimum Gasteiger partial charge on any atom is -0.345 e. The molecule has 130 valence electrons. The monoisotopic (exact) mass is 338 g/mol. The molecule has 0 radical (unpaired) electrons. The van der Waals surface area contributed by atoms with E-state index < -0.39 is 0 Å². The molecule has 25 heavy (non-hydrogen) atoms. The van der Waals surface area contributed by atoms with Gasteiger partial charge in [-0.2, -0.15) is 0 Å². The standard InChI is InChI=1S/C19H22N4O2/c1-4-18(24)23-9-5-6-14-10-15(7-8-16(14)23)19(25)22(3)12-17-20-11-13(2)21-17/h4,7-8,10-11H,1,5-6,9,12H2,2-3H3,(H,20,21). The third-order valence-corrected chi connectivity index (χ3v) is 4.37. The summed E-state index contributed by atoms with van der Waals surface area (Å²) >= 11 is 0. The number of aromatic amines is 1. The highest BCUT2D eigenvalue weighted by molar-refractivity contribution is 6.02. The molecule has 1 N–H and O–H groups in total. The number of H-pyrrole nitrogens is 1. The summed E-state index contributed by atoms with van der Waals surface area (Å²) in [5.41, 5.74) is 3.49. The van der Waals surface area contributed by atoms with Crippen LogP contribution in [0.2, 0.25) is 0 Å². The zero-order chi connectivity index (χ0) is 18.0. The molecule has 2 heterocycles. The predicted octanol–water partition coefficient (Wildman–Crippen LogP) is 2.46. The second-order valence-corrected chi connectivity index (χ2v) is 6.32. The Hall–Kier alpha value is -2.89. The van der Waals surface area contributed by atoms with E-state index in [0.717, 1.165) is 35.6 Å². The molecule has 0 fully saturated rings. The molecule has 0 spiro atoms. The lowest BCUT2D eigenvalue weighted by Crippen LogP contribution is -2.34. The van der Waals surface area contributed by atoms with Crippen LogP contribution in [0, 0.1) is 6.92 Å². The van der Waals surface area contributed by atoms with Crippen LogP contribution in [0.15, 0.2) is 37.1 Å². The van der Waals surface area contributed by atoms with E-state index in [1.807, 2.05) is 19.1 Å². The average molecular weight is 338 g/mol. The molecule has 1 aliphatic rings. The maximum Gasteiger partial charge on any atom is 0.254 e. The first-order valence-electron chi connectivity index (χ1n) is 8.32. The highest BCUT2D eigenvalue weighted by Crippen LogP contribution is 2.28. The molecule has 0 saturated carbocycles. The Labute approximate surface area is 147 Å². The summed E-state index contributed by atoms with van der Waals surface area (Å²) < 4.78 is 0. The quantitative estimate of drug-likeness (QED) is 0.871. The predicted molar refractivity (Wildman–Crippen MR) is 96.4 cm³/mol. The van der Waals surface area contributed by atoms with E-state index in [1.54, 1.807) is 29.1 Å². The number of carbonyl (C=O) groups excluding carboxylic acids is 2. The second kappa shape index (κ2) is 6.93. The normalized spacial score (nSPS) is 13.3. The minimum absolute atomic E-state index is 0.0657. The number of carbonyl (C=O) groups is 2. The number of imidazole rings is 1. The molecular weight excluding hydrogens is 316 g/mol. The summed E-state index contributed by atoms with van der Waals surface area (Å²) in [6.45, 7) is 6.59. The number of rotatable bonds is 4. The van der Waals surface area contributed by atoms with Gasteiger partial charge in [-0.05, 0) is 49.6 Å². The number of hydrogen-bond acceptors (Lipinski definition) is 3. The van der Waals surface area contributed by atoms with Gasteiger partial charge in [0.2, 0.25) is 5.91 Å². The van der Waals surface area contributed by atoms with E-state index in [9.17, 15) is 9.59 Å². The zero-order valence-corrected chi connectivity index (χ0v) is 14.6. The Balaban J connectivity index is 1.80. The number of aryl methyl sites for hydroxylation is 2. The summed E-state index contributed by atoms with van der Waals surface area (Å²) in [5, 5.41) is 0. The van der Waals surface area contributed by atoms with Gasteiger partial charge in [-0.3, -0.25) is 9.59 Å². The second-order valence-electron chi connectivity index (χ2n) is 6.32. The highest BCUT2D eigenvalue weighted by Gasteiger charge is 2.22. The average Bonchev–Trinajstić information content (AvgIpc) is 3.04. The molecule has 0 aliphatic carbocycles. The molecule has 6 nitrogen and oxygen atoms in total. The molecule has 0 saturated heterocycles. The number of benzene rings is 1. The number of fused-ring (bicyclic) bond motifs is 1. The molecule has 0 atom stereocenters. The van der Waals surface area contributed by atoms with Gasteiger partial charge in [-0.1, -0.05) is 6.58 Å². The lowest BCUT2D eigenvalue weighted by Gasteiger charge is -2.29. The summed E-state index contributed by atoms with van der Waals surface area (Å²) in [5.74, 6) is 0.587. The van der Waals surface area contributed by atoms with Crippen LogP contribution in [-0.4, -0.2) is 40.3 Å². The van der Waals surface area contributed by atoms with E-state index in [4.69, 9.17) is 0 Å². The molecule has 0 unspecified atom stereocenters. The molecule has 2 amide bonds. The van der Waals surface area contributed by atoms with E-state index in [2.05, 4.69) is 16.5 Å². The van der Waals surface area contributed by atoms with Gasteiger partial charge in [-0.25, -0.2) is 4.98 Å². The van der Waals surface area contributed by atoms with Crippen molar-refractivity contribution >= 4 is 17.5 Å². The Morgan fingerprint density at radius 3 is 2.92 bits per heavy atom. The van der Waals surface area contributed by atoms with Gasteiger partial charge in [0.15, 0.2) is 0 Å². The first-order chi connectivity index (χ1) is 12.0. The molecular formula is C19H22N4O2. The van der Waals surface area contributed by atoms with E-state index in [1.165, 1.54) is 6.08 Å². The highest BCUT2D eigenvalue weighted by atomic mass is 16.2. The van der Waals surface area contributed by atoms with Gasteiger partial charge in [0.25, 0.3) is 5.91 Å². The maximum absolute atomic E-state index is 12.7. The molecule has 1 aliphatic heterocycles. The van der Waals surface area contributed by atoms with Crippen LogP contribution < -0.4 is 4.90 Å². The first kappa shape index (κ1) is 17.0. The van der Waals surface area contributed by atoms with E-state index in [-0.39, 0.29) is 11.8 Å². The minimum atomic E-state index is -0.106. The molecule has 2 aromatic rings. The number of aromatic nitrogens is 2. The molecule has 0 bridgehead atoms. The van der Waals surface area contributed by atoms with Crippen LogP contribution in [0.25, 0.3) is 0 Å². The lowest BCUT2D eigenvalue weighted by molar-refractivity contribution is -0.114. The van der Waals surface area contributed by atoms with Gasteiger partial charge in [-0.15, -0.1) is 0 Å². The largest absolute Gasteiger partial charge is 0.345 e. The fraction of sp³-hybridized carbons (Fsp3) is 0.316. The van der Waals surface area contributed by atoms with Crippen molar-refractivity contribution in [2.75, 3.05) is 18.5 Å². The van der Waals surface area contributed by atoms with Gasteiger partial charge in [0.1, 0.15) is 5.82 Å². The third-order valence-electron chi connectivity index (χ3n) is 4.37. The van der Waals surface area contributed by atoms with Crippen molar-refractivity contribution in [1.82, 2.24) is 14.9 Å². The van der Waals surface area contributed by atoms with Crippen LogP contribution in [-0.2, 0) is 17.8 Å². The Morgan fingerprint density at radius 2 is 2.24 bits per heavy atom. The number of anilines is 1. The van der Waals surface area contributed by atoms with Crippen molar-refractivity contribution in [3.8, 4) is 0 Å². The Kier molecular flexibility index (Phi) is 4.70. The SMILES string of the molecule is C=CC(=O)N1CCCc2cc(C(=O)N(C)Cc3ncc(C)[nH]3)ccc21. The summed E-state index contributed by atoms with van der Waals surface area (Å²) in [6.07, 6.45) is 4.81. The van der Waals surface area contributed by atoms with Crippen LogP contribution in [0.1, 0.15) is 33.9 Å². The van der Waals surface area contributed by atoms with Crippen molar-refractivity contribution in [3.63, 3.8) is 0 Å². The summed E-state index contributed by atoms with van der Waals surface area (Å²) in [6, 6.07) is 5.53. The Bertz CT molecular complexity index is 825. The first-order valence-corrected chi connectivity index (χ1v) is 8.32. The number of amides is 2. The van der Waals surface area contributed by atoms with Crippen molar-refractivity contribution < 1.29 is 9.59 Å². The van der Waals surface area contributed by atoms with Crippen LogP contribution in [0.3, 0.4) is 0 Å². The topological polar surface area (TPSA) is 69.3 Å². The van der Waals surface area contributed by atoms with Crippen molar-refractivity contribution in [3.05, 3.63) is 59.7 Å². The van der Waals surface area contributed by atoms with Crippen molar-refractivity contribution in [1.29, 1.82) is 0 Å². The molecule has 1 aromatic carbocycles. The van der Waals surface area contributed by atoms with Crippen molar-refractivity contribution in [2.24, 2.45) is 0 Å². The van der Waals surface area contributed by atoms with Crippen LogP contribution >= 0.6 is 0 Å². The number of hydrogen-bond donors (Lipinski definition) is 1. The summed E-state index contributed by atoms with van der Waals surface area (Å²) in [4.78, 5) is 35.4. The van der Waals surface area contributed by atoms with E-state index in [0.29, 0.717) is 18.7 Å². The smallest absolute Gasteiger partial charge is 0.254 e. The molecule has 6 heteroatoms. The number of nitrogens with zero attached hydrogens (tertiary/aromatic N) is 3. The van der Waals surface area contributed by atoms with Crippen LogP contribution in [0.4, 0.5) is 5.69 Å². The third kappa shape index (κ3) is 3.47. The van der Waals surface area contributed by atoms with Gasteiger partial charge in [0, 0.05) is 36.7 Å². The maximum atomic E-state index is 12.7. The van der Waals surface area contributed by atoms with Crippen LogP contribution in [0.5, 0.6) is 0 Å². The van der Waals surface area contributed by atoms with Gasteiger partial charge < -0.3 is 14.8 Å². The number of nitrogens with one attached hydrogen (secondary N) is 1. The fourth-order valence-electron chi connectivity index (χ4n) is 3.13. The van der Waals surface area contributed by atoms with Crippen molar-refractivity contribution in [2.45, 2.75) is 26.3 Å².